The van der Waals surface area contributed by atoms with Gasteiger partial charge in [-0.3, -0.25) is 24.3 Å². The molecule has 2 saturated heterocycles. The van der Waals surface area contributed by atoms with Gasteiger partial charge >= 0.3 is 6.03 Å². The zero-order valence-electron chi connectivity index (χ0n) is 16.8. The van der Waals surface area contributed by atoms with E-state index in [1.165, 1.54) is 0 Å². The average Bonchev–Trinajstić information content (AvgIpc) is 2.76. The van der Waals surface area contributed by atoms with Gasteiger partial charge in [-0.2, -0.15) is 0 Å². The topological polar surface area (TPSA) is 105 Å². The monoisotopic (exact) mass is 383 g/mol. The number of aliphatic hydroxyl groups excluding tert-OH is 1. The number of carbonyl (C=O) groups excluding carboxylic acids is 3. The molecule has 2 rings (SSSR count). The molecule has 0 spiro atoms. The first kappa shape index (κ1) is 21.6. The third-order valence-corrected chi connectivity index (χ3v) is 4.85. The summed E-state index contributed by atoms with van der Waals surface area (Å²) in [4.78, 5) is 41.2. The smallest absolute Gasteiger partial charge is 0.325 e. The molecule has 0 bridgehead atoms. The molecule has 9 heteroatoms. The Labute approximate surface area is 161 Å². The molecule has 2 fully saturated rings. The maximum atomic E-state index is 12.2. The van der Waals surface area contributed by atoms with Crippen LogP contribution in [0.3, 0.4) is 0 Å². The molecule has 2 aliphatic rings. The molecule has 3 N–H and O–H groups in total. The van der Waals surface area contributed by atoms with Crippen molar-refractivity contribution in [1.82, 2.24) is 25.3 Å². The van der Waals surface area contributed by atoms with E-state index in [1.807, 2.05) is 0 Å². The van der Waals surface area contributed by atoms with Gasteiger partial charge < -0.3 is 15.7 Å². The summed E-state index contributed by atoms with van der Waals surface area (Å²) in [5.41, 5.74) is -0.918. The van der Waals surface area contributed by atoms with Crippen LogP contribution in [0.1, 0.15) is 27.7 Å². The van der Waals surface area contributed by atoms with E-state index in [2.05, 4.69) is 34.3 Å². The second kappa shape index (κ2) is 8.99. The largest absolute Gasteiger partial charge is 0.390 e. The Balaban J connectivity index is 1.70. The van der Waals surface area contributed by atoms with Gasteiger partial charge in [0.15, 0.2) is 0 Å². The van der Waals surface area contributed by atoms with Crippen molar-refractivity contribution in [2.75, 3.05) is 52.4 Å². The van der Waals surface area contributed by atoms with Gasteiger partial charge in [-0.1, -0.05) is 13.8 Å². The highest BCUT2D eigenvalue weighted by Gasteiger charge is 2.44. The van der Waals surface area contributed by atoms with E-state index in [4.69, 9.17) is 0 Å². The molecular formula is C18H33N5O4. The van der Waals surface area contributed by atoms with Crippen LogP contribution < -0.4 is 10.6 Å². The number of piperazine rings is 1. The van der Waals surface area contributed by atoms with Gasteiger partial charge in [-0.05, 0) is 19.8 Å². The zero-order valence-corrected chi connectivity index (χ0v) is 16.8. The molecule has 0 radical (unpaired) electrons. The Kier molecular flexibility index (Phi) is 7.19. The Morgan fingerprint density at radius 1 is 1.15 bits per heavy atom. The predicted octanol–water partition coefficient (Wildman–Crippen LogP) is -0.932. The molecule has 0 aromatic rings. The molecule has 0 saturated carbocycles. The lowest BCUT2D eigenvalue weighted by atomic mass is 10.1. The summed E-state index contributed by atoms with van der Waals surface area (Å²) in [6.45, 7) is 11.8. The Morgan fingerprint density at radius 2 is 1.74 bits per heavy atom. The first-order valence-electron chi connectivity index (χ1n) is 9.62. The maximum absolute atomic E-state index is 12.2. The van der Waals surface area contributed by atoms with Gasteiger partial charge in [0.25, 0.3) is 5.91 Å². The quantitative estimate of drug-likeness (QED) is 0.468. The second-order valence-electron chi connectivity index (χ2n) is 8.40. The highest BCUT2D eigenvalue weighted by atomic mass is 16.3. The van der Waals surface area contributed by atoms with Crippen LogP contribution in [0, 0.1) is 5.92 Å². The van der Waals surface area contributed by atoms with E-state index in [0.717, 1.165) is 31.1 Å². The summed E-state index contributed by atoms with van der Waals surface area (Å²) in [5, 5.41) is 15.8. The molecule has 2 aliphatic heterocycles. The minimum absolute atomic E-state index is 0.00802. The van der Waals surface area contributed by atoms with Crippen molar-refractivity contribution in [1.29, 1.82) is 0 Å². The van der Waals surface area contributed by atoms with Gasteiger partial charge in [0.1, 0.15) is 5.54 Å². The standard InChI is InChI=1S/C18H33N5O4/c1-13(2)9-19-15(25)12-22-7-5-21(6-8-22)10-14(24)11-23-16(26)18(3,4)20-17(23)27/h13-14,24H,5-12H2,1-4H3,(H,19,25)(H,20,27)/t14-/m1/s1. The summed E-state index contributed by atoms with van der Waals surface area (Å²) in [6, 6.07) is -0.457. The number of amides is 4. The van der Waals surface area contributed by atoms with Crippen molar-refractivity contribution in [2.45, 2.75) is 39.3 Å². The van der Waals surface area contributed by atoms with Gasteiger partial charge in [0.05, 0.1) is 19.2 Å². The number of carbonyl (C=O) groups is 3. The summed E-state index contributed by atoms with van der Waals surface area (Å²) in [5.74, 6) is 0.157. The minimum Gasteiger partial charge on any atom is -0.390 e. The Hall–Kier alpha value is -1.71. The fourth-order valence-corrected chi connectivity index (χ4v) is 3.26. The van der Waals surface area contributed by atoms with Crippen LogP contribution in [-0.2, 0) is 9.59 Å². The third kappa shape index (κ3) is 6.15. The Morgan fingerprint density at radius 3 is 2.26 bits per heavy atom. The summed E-state index contributed by atoms with van der Waals surface area (Å²) >= 11 is 0. The predicted molar refractivity (Wildman–Crippen MR) is 101 cm³/mol. The molecule has 4 amide bonds. The lowest BCUT2D eigenvalue weighted by Gasteiger charge is -2.35. The lowest BCUT2D eigenvalue weighted by Crippen LogP contribution is -2.52. The van der Waals surface area contributed by atoms with E-state index >= 15 is 0 Å². The molecular weight excluding hydrogens is 350 g/mol. The molecule has 27 heavy (non-hydrogen) atoms. The lowest BCUT2D eigenvalue weighted by molar-refractivity contribution is -0.131. The van der Waals surface area contributed by atoms with E-state index in [9.17, 15) is 19.5 Å². The van der Waals surface area contributed by atoms with Crippen molar-refractivity contribution < 1.29 is 19.5 Å². The van der Waals surface area contributed by atoms with Crippen LogP contribution in [0.5, 0.6) is 0 Å². The number of rotatable bonds is 8. The van der Waals surface area contributed by atoms with Crippen LogP contribution in [0.4, 0.5) is 4.79 Å². The molecule has 154 valence electrons. The molecule has 0 aliphatic carbocycles. The number of β-amino-alcohol motifs (C(OH)–C–C–N with tert-alkyl or cyclic N) is 1. The van der Waals surface area contributed by atoms with Gasteiger partial charge in [0, 0.05) is 39.3 Å². The average molecular weight is 383 g/mol. The minimum atomic E-state index is -0.918. The van der Waals surface area contributed by atoms with Gasteiger partial charge in [0.2, 0.25) is 5.91 Å². The summed E-state index contributed by atoms with van der Waals surface area (Å²) < 4.78 is 0. The number of nitrogens with one attached hydrogen (secondary N) is 2. The number of aliphatic hydroxyl groups is 1. The van der Waals surface area contributed by atoms with Crippen molar-refractivity contribution in [3.63, 3.8) is 0 Å². The van der Waals surface area contributed by atoms with Gasteiger partial charge in [-0.15, -0.1) is 0 Å². The molecule has 0 aromatic heterocycles. The zero-order chi connectivity index (χ0) is 20.2. The fraction of sp³-hybridized carbons (Fsp3) is 0.833. The van der Waals surface area contributed by atoms with E-state index in [1.54, 1.807) is 13.8 Å². The van der Waals surface area contributed by atoms with Gasteiger partial charge in [-0.25, -0.2) is 4.79 Å². The first-order valence-corrected chi connectivity index (χ1v) is 9.62. The normalized spacial score (nSPS) is 22.2. The Bertz CT molecular complexity index is 558. The molecule has 1 atom stereocenters. The van der Waals surface area contributed by atoms with E-state index in [-0.39, 0.29) is 18.4 Å². The fourth-order valence-electron chi connectivity index (χ4n) is 3.26. The van der Waals surface area contributed by atoms with Crippen LogP contribution in [0.25, 0.3) is 0 Å². The summed E-state index contributed by atoms with van der Waals surface area (Å²) in [6.07, 6.45) is -0.797. The first-order chi connectivity index (χ1) is 12.6. The number of hydrogen-bond donors (Lipinski definition) is 3. The molecule has 0 aromatic carbocycles. The molecule has 2 heterocycles. The van der Waals surface area contributed by atoms with Crippen molar-refractivity contribution in [3.05, 3.63) is 0 Å². The van der Waals surface area contributed by atoms with E-state index in [0.29, 0.717) is 25.6 Å². The highest BCUT2D eigenvalue weighted by molar-refractivity contribution is 6.06. The van der Waals surface area contributed by atoms with Crippen molar-refractivity contribution >= 4 is 17.8 Å². The highest BCUT2D eigenvalue weighted by Crippen LogP contribution is 2.17. The van der Waals surface area contributed by atoms with Crippen LogP contribution >= 0.6 is 0 Å². The second-order valence-corrected chi connectivity index (χ2v) is 8.40. The van der Waals surface area contributed by atoms with Crippen LogP contribution in [0.15, 0.2) is 0 Å². The SMILES string of the molecule is CC(C)CNC(=O)CN1CCN(C[C@@H](O)CN2C(=O)NC(C)(C)C2=O)CC1. The number of imide groups is 1. The number of urea groups is 1. The van der Waals surface area contributed by atoms with Crippen LogP contribution in [-0.4, -0.2) is 102 Å². The maximum Gasteiger partial charge on any atom is 0.325 e. The van der Waals surface area contributed by atoms with E-state index < -0.39 is 17.7 Å². The van der Waals surface area contributed by atoms with Crippen molar-refractivity contribution in [2.24, 2.45) is 5.92 Å². The molecule has 0 unspecified atom stereocenters. The van der Waals surface area contributed by atoms with Crippen molar-refractivity contribution in [3.8, 4) is 0 Å². The third-order valence-electron chi connectivity index (χ3n) is 4.85. The molecule has 9 nitrogen and oxygen atoms in total. The number of nitrogens with zero attached hydrogens (tertiary/aromatic N) is 3. The van der Waals surface area contributed by atoms with Crippen LogP contribution in [0.2, 0.25) is 0 Å². The number of hydrogen-bond acceptors (Lipinski definition) is 6. The summed E-state index contributed by atoms with van der Waals surface area (Å²) in [7, 11) is 0.